The van der Waals surface area contributed by atoms with Gasteiger partial charge in [-0.3, -0.25) is 13.9 Å². The third kappa shape index (κ3) is 7.33. The van der Waals surface area contributed by atoms with Gasteiger partial charge in [0.2, 0.25) is 21.8 Å². The molecule has 0 spiro atoms. The molecule has 8 nitrogen and oxygen atoms in total. The Morgan fingerprint density at radius 3 is 2.30 bits per heavy atom. The van der Waals surface area contributed by atoms with Gasteiger partial charge in [-0.15, -0.1) is 0 Å². The fourth-order valence-electron chi connectivity index (χ4n) is 4.19. The lowest BCUT2D eigenvalue weighted by molar-refractivity contribution is -0.128. The number of nitrogens with one attached hydrogen (secondary N) is 1. The Morgan fingerprint density at radius 2 is 1.65 bits per heavy atom. The van der Waals surface area contributed by atoms with Crippen LogP contribution in [0.4, 0.5) is 5.69 Å². The van der Waals surface area contributed by atoms with Gasteiger partial charge < -0.3 is 15.0 Å². The van der Waals surface area contributed by atoms with E-state index in [1.54, 1.807) is 24.3 Å². The van der Waals surface area contributed by atoms with Crippen LogP contribution in [0.25, 0.3) is 0 Å². The van der Waals surface area contributed by atoms with Gasteiger partial charge in [0.05, 0.1) is 11.9 Å². The molecule has 1 saturated heterocycles. The summed E-state index contributed by atoms with van der Waals surface area (Å²) in [7, 11) is -3.71. The van der Waals surface area contributed by atoms with Gasteiger partial charge in [0.1, 0.15) is 18.9 Å². The maximum Gasteiger partial charge on any atom is 0.241 e. The molecule has 1 aliphatic rings. The molecule has 0 aliphatic carbocycles. The molecule has 1 N–H and O–H groups in total. The molecule has 0 unspecified atom stereocenters. The van der Waals surface area contributed by atoms with E-state index in [1.165, 1.54) is 0 Å². The van der Waals surface area contributed by atoms with Crippen LogP contribution in [0.15, 0.2) is 78.9 Å². The van der Waals surface area contributed by atoms with Crippen LogP contribution in [0, 0.1) is 0 Å². The molecule has 3 aromatic carbocycles. The average Bonchev–Trinajstić information content (AvgIpc) is 3.30. The van der Waals surface area contributed by atoms with Gasteiger partial charge in [-0.05, 0) is 47.4 Å². The zero-order valence-electron chi connectivity index (χ0n) is 20.8. The third-order valence-electron chi connectivity index (χ3n) is 6.19. The molecule has 37 heavy (non-hydrogen) atoms. The van der Waals surface area contributed by atoms with Crippen LogP contribution >= 0.6 is 0 Å². The summed E-state index contributed by atoms with van der Waals surface area (Å²) in [4.78, 5) is 26.6. The lowest BCUT2D eigenvalue weighted by Crippen LogP contribution is -2.40. The van der Waals surface area contributed by atoms with Crippen LogP contribution in [0.1, 0.15) is 29.5 Å². The highest BCUT2D eigenvalue weighted by molar-refractivity contribution is 7.92. The van der Waals surface area contributed by atoms with Crippen LogP contribution in [0.2, 0.25) is 0 Å². The van der Waals surface area contributed by atoms with E-state index < -0.39 is 15.9 Å². The summed E-state index contributed by atoms with van der Waals surface area (Å²) in [6, 6.07) is 24.0. The zero-order valence-corrected chi connectivity index (χ0v) is 21.6. The Bertz CT molecular complexity index is 1330. The van der Waals surface area contributed by atoms with E-state index in [0.717, 1.165) is 40.2 Å². The first-order valence-corrected chi connectivity index (χ1v) is 14.0. The number of nitrogens with zero attached hydrogens (tertiary/aromatic N) is 2. The molecule has 3 aromatic rings. The highest BCUT2D eigenvalue weighted by Gasteiger charge is 2.22. The normalized spacial score (nSPS) is 13.4. The molecule has 9 heteroatoms. The monoisotopic (exact) mass is 521 g/mol. The quantitative estimate of drug-likeness (QED) is 0.417. The number of amides is 2. The van der Waals surface area contributed by atoms with Crippen LogP contribution in [0.3, 0.4) is 0 Å². The molecule has 4 rings (SSSR count). The number of hydrogen-bond acceptors (Lipinski definition) is 5. The van der Waals surface area contributed by atoms with Gasteiger partial charge in [-0.2, -0.15) is 0 Å². The van der Waals surface area contributed by atoms with Crippen LogP contribution in [-0.4, -0.2) is 44.5 Å². The van der Waals surface area contributed by atoms with Crippen molar-refractivity contribution in [3.63, 3.8) is 0 Å². The predicted molar refractivity (Wildman–Crippen MR) is 142 cm³/mol. The number of anilines is 1. The molecule has 194 valence electrons. The van der Waals surface area contributed by atoms with Crippen LogP contribution in [-0.2, 0) is 39.3 Å². The number of sulfonamides is 1. The molecule has 1 heterocycles. The molecule has 0 atom stereocenters. The Kier molecular flexibility index (Phi) is 8.45. The summed E-state index contributed by atoms with van der Waals surface area (Å²) in [5.41, 5.74) is 3.25. The summed E-state index contributed by atoms with van der Waals surface area (Å²) < 4.78 is 31.8. The minimum Gasteiger partial charge on any atom is -0.489 e. The van der Waals surface area contributed by atoms with Gasteiger partial charge >= 0.3 is 0 Å². The van der Waals surface area contributed by atoms with Crippen molar-refractivity contribution in [2.75, 3.05) is 23.7 Å². The number of rotatable bonds is 11. The molecule has 1 fully saturated rings. The first kappa shape index (κ1) is 26.2. The summed E-state index contributed by atoms with van der Waals surface area (Å²) in [6.07, 6.45) is 2.50. The number of likely N-dealkylation sites (tertiary alicyclic amines) is 1. The highest BCUT2D eigenvalue weighted by Crippen LogP contribution is 2.22. The van der Waals surface area contributed by atoms with Crippen molar-refractivity contribution < 1.29 is 22.7 Å². The van der Waals surface area contributed by atoms with Crippen molar-refractivity contribution in [1.29, 1.82) is 0 Å². The maximum absolute atomic E-state index is 12.8. The maximum atomic E-state index is 12.8. The fraction of sp³-hybridized carbons (Fsp3) is 0.286. The topological polar surface area (TPSA) is 96.0 Å². The minimum atomic E-state index is -3.71. The molecular formula is C28H31N3O5S. The second-order valence-electron chi connectivity index (χ2n) is 9.00. The largest absolute Gasteiger partial charge is 0.489 e. The van der Waals surface area contributed by atoms with Gasteiger partial charge in [0.15, 0.2) is 0 Å². The number of benzene rings is 3. The predicted octanol–water partition coefficient (Wildman–Crippen LogP) is 3.47. The summed E-state index contributed by atoms with van der Waals surface area (Å²) >= 11 is 0. The second-order valence-corrected chi connectivity index (χ2v) is 10.9. The molecule has 0 bridgehead atoms. The lowest BCUT2D eigenvalue weighted by Gasteiger charge is -2.22. The molecule has 0 saturated carbocycles. The first-order chi connectivity index (χ1) is 17.8. The molecule has 2 amide bonds. The molecule has 0 radical (unpaired) electrons. The number of carbonyl (C=O) groups is 2. The summed E-state index contributed by atoms with van der Waals surface area (Å²) in [6.45, 7) is 1.51. The first-order valence-electron chi connectivity index (χ1n) is 12.2. The van der Waals surface area contributed by atoms with Crippen molar-refractivity contribution >= 4 is 27.5 Å². The van der Waals surface area contributed by atoms with E-state index in [-0.39, 0.29) is 19.0 Å². The van der Waals surface area contributed by atoms with Gasteiger partial charge in [-0.1, -0.05) is 54.6 Å². The van der Waals surface area contributed by atoms with E-state index in [2.05, 4.69) is 5.32 Å². The van der Waals surface area contributed by atoms with Crippen molar-refractivity contribution in [2.24, 2.45) is 0 Å². The Hall–Kier alpha value is -3.85. The number of carbonyl (C=O) groups excluding carboxylic acids is 2. The Balaban J connectivity index is 1.37. The summed E-state index contributed by atoms with van der Waals surface area (Å²) in [5, 5.41) is 2.82. The second kappa shape index (κ2) is 11.9. The van der Waals surface area contributed by atoms with Gasteiger partial charge in [-0.25, -0.2) is 8.42 Å². The Labute approximate surface area is 217 Å². The SMILES string of the molecule is CS(=O)(=O)N(CC(=O)NCc1ccccc1CN1CCCC1=O)c1ccc(OCc2ccccc2)cc1. The molecule has 0 aromatic heterocycles. The van der Waals surface area contributed by atoms with Crippen molar-refractivity contribution in [2.45, 2.75) is 32.5 Å². The smallest absolute Gasteiger partial charge is 0.241 e. The van der Waals surface area contributed by atoms with Crippen molar-refractivity contribution in [3.05, 3.63) is 95.6 Å². The number of hydrogen-bond donors (Lipinski definition) is 1. The van der Waals surface area contributed by atoms with E-state index in [1.807, 2.05) is 59.5 Å². The fourth-order valence-corrected chi connectivity index (χ4v) is 5.05. The standard InChI is InChI=1S/C28H31N3O5S/c1-37(34,35)31(25-13-15-26(16-14-25)36-21-22-8-3-2-4-9-22)20-27(32)29-18-23-10-5-6-11-24(23)19-30-17-7-12-28(30)33/h2-6,8-11,13-16H,7,12,17-21H2,1H3,(H,29,32). The summed E-state index contributed by atoms with van der Waals surface area (Å²) in [5.74, 6) is 0.305. The van der Waals surface area contributed by atoms with Crippen molar-refractivity contribution in [1.82, 2.24) is 10.2 Å². The lowest BCUT2D eigenvalue weighted by atomic mass is 10.1. The molecule has 1 aliphatic heterocycles. The van der Waals surface area contributed by atoms with Crippen LogP contribution in [0.5, 0.6) is 5.75 Å². The molecular weight excluding hydrogens is 490 g/mol. The van der Waals surface area contributed by atoms with Gasteiger partial charge in [0, 0.05) is 26.1 Å². The highest BCUT2D eigenvalue weighted by atomic mass is 32.2. The third-order valence-corrected chi connectivity index (χ3v) is 7.33. The van der Waals surface area contributed by atoms with E-state index in [0.29, 0.717) is 31.0 Å². The van der Waals surface area contributed by atoms with E-state index >= 15 is 0 Å². The number of ether oxygens (including phenoxy) is 1. The Morgan fingerprint density at radius 1 is 0.973 bits per heavy atom. The van der Waals surface area contributed by atoms with E-state index in [4.69, 9.17) is 4.74 Å². The van der Waals surface area contributed by atoms with Gasteiger partial charge in [0.25, 0.3) is 0 Å². The zero-order chi connectivity index (χ0) is 26.3. The average molecular weight is 522 g/mol. The van der Waals surface area contributed by atoms with Crippen LogP contribution < -0.4 is 14.4 Å². The minimum absolute atomic E-state index is 0.138. The van der Waals surface area contributed by atoms with E-state index in [9.17, 15) is 18.0 Å². The van der Waals surface area contributed by atoms with Crippen molar-refractivity contribution in [3.8, 4) is 5.75 Å².